The lowest BCUT2D eigenvalue weighted by molar-refractivity contribution is 0.587. The van der Waals surface area contributed by atoms with Crippen molar-refractivity contribution in [3.8, 4) is 0 Å². The van der Waals surface area contributed by atoms with Gasteiger partial charge in [-0.2, -0.15) is 0 Å². The third kappa shape index (κ3) is 3.82. The molecule has 0 spiro atoms. The van der Waals surface area contributed by atoms with Crippen LogP contribution in [-0.2, 0) is 6.54 Å². The van der Waals surface area contributed by atoms with Gasteiger partial charge in [-0.15, -0.1) is 5.10 Å². The Morgan fingerprint density at radius 2 is 2.22 bits per heavy atom. The van der Waals surface area contributed by atoms with Gasteiger partial charge in [0.1, 0.15) is 10.9 Å². The monoisotopic (exact) mass is 263 g/mol. The lowest BCUT2D eigenvalue weighted by Gasteiger charge is -2.07. The van der Waals surface area contributed by atoms with E-state index >= 15 is 0 Å². The highest BCUT2D eigenvalue weighted by Gasteiger charge is 2.04. The summed E-state index contributed by atoms with van der Waals surface area (Å²) in [5.74, 6) is 0.815. The van der Waals surface area contributed by atoms with Crippen molar-refractivity contribution in [3.63, 3.8) is 0 Å². The van der Waals surface area contributed by atoms with Crippen molar-refractivity contribution in [2.24, 2.45) is 0 Å². The van der Waals surface area contributed by atoms with Gasteiger partial charge >= 0.3 is 0 Å². The Labute approximate surface area is 111 Å². The molecule has 0 aromatic carbocycles. The Morgan fingerprint density at radius 3 is 2.78 bits per heavy atom. The van der Waals surface area contributed by atoms with Gasteiger partial charge in [-0.25, -0.2) is 9.97 Å². The fourth-order valence-electron chi connectivity index (χ4n) is 1.36. The number of nitrogens with zero attached hydrogens (tertiary/aromatic N) is 3. The van der Waals surface area contributed by atoms with Gasteiger partial charge in [-0.05, 0) is 30.3 Å². The van der Waals surface area contributed by atoms with Crippen LogP contribution in [0.5, 0.6) is 0 Å². The van der Waals surface area contributed by atoms with Gasteiger partial charge < -0.3 is 5.32 Å². The van der Waals surface area contributed by atoms with Crippen molar-refractivity contribution in [2.45, 2.75) is 43.5 Å². The predicted octanol–water partition coefficient (Wildman–Crippen LogP) is 2.16. The van der Waals surface area contributed by atoms with E-state index in [4.69, 9.17) is 0 Å². The molecule has 96 valence electrons. The maximum Gasteiger partial charge on any atom is 0.214 e. The summed E-state index contributed by atoms with van der Waals surface area (Å²) in [5.41, 5.74) is 1.18. The molecule has 0 unspecified atom stereocenters. The maximum atomic E-state index is 4.39. The molecule has 2 aromatic rings. The second-order valence-electron chi connectivity index (χ2n) is 4.35. The first-order valence-electron chi connectivity index (χ1n) is 5.88. The first-order chi connectivity index (χ1) is 8.63. The molecule has 0 bridgehead atoms. The highest BCUT2D eigenvalue weighted by molar-refractivity contribution is 7.99. The number of nitrogens with one attached hydrogen (secondary N) is 2. The van der Waals surface area contributed by atoms with Gasteiger partial charge in [-0.1, -0.05) is 19.9 Å². The molecule has 0 saturated heterocycles. The average Bonchev–Trinajstić information content (AvgIpc) is 2.74. The van der Waals surface area contributed by atoms with Crippen LogP contribution >= 0.6 is 11.8 Å². The smallest absolute Gasteiger partial charge is 0.214 e. The van der Waals surface area contributed by atoms with Crippen molar-refractivity contribution >= 4 is 11.8 Å². The SMILES string of the molecule is Cc1nc(Sc2ccc(CNC(C)C)cn2)n[nH]1. The Hall–Kier alpha value is -1.40. The van der Waals surface area contributed by atoms with E-state index in [1.807, 2.05) is 19.2 Å². The molecule has 5 nitrogen and oxygen atoms in total. The zero-order valence-electron chi connectivity index (χ0n) is 10.8. The van der Waals surface area contributed by atoms with Crippen LogP contribution in [0.15, 0.2) is 28.5 Å². The second-order valence-corrected chi connectivity index (χ2v) is 5.33. The summed E-state index contributed by atoms with van der Waals surface area (Å²) in [7, 11) is 0. The summed E-state index contributed by atoms with van der Waals surface area (Å²) in [4.78, 5) is 8.62. The van der Waals surface area contributed by atoms with Gasteiger partial charge in [0.05, 0.1) is 0 Å². The normalized spacial score (nSPS) is 11.1. The van der Waals surface area contributed by atoms with Gasteiger partial charge in [0.2, 0.25) is 5.16 Å². The zero-order valence-corrected chi connectivity index (χ0v) is 11.6. The van der Waals surface area contributed by atoms with Crippen LogP contribution in [0.25, 0.3) is 0 Å². The maximum absolute atomic E-state index is 4.39. The molecule has 0 aliphatic rings. The number of aromatic nitrogens is 4. The third-order valence-corrected chi connectivity index (χ3v) is 3.10. The van der Waals surface area contributed by atoms with Crippen LogP contribution in [0.4, 0.5) is 0 Å². The van der Waals surface area contributed by atoms with Gasteiger partial charge in [0, 0.05) is 18.8 Å². The first-order valence-corrected chi connectivity index (χ1v) is 6.70. The van der Waals surface area contributed by atoms with E-state index in [2.05, 4.69) is 45.4 Å². The van der Waals surface area contributed by atoms with E-state index in [1.165, 1.54) is 17.3 Å². The minimum absolute atomic E-state index is 0.482. The minimum Gasteiger partial charge on any atom is -0.310 e. The van der Waals surface area contributed by atoms with Crippen molar-refractivity contribution in [3.05, 3.63) is 29.7 Å². The standard InChI is InChI=1S/C12H17N5S/c1-8(2)13-6-10-4-5-11(14-7-10)18-12-15-9(3)16-17-12/h4-5,7-8,13H,6H2,1-3H3,(H,15,16,17). The molecule has 2 aromatic heterocycles. The number of pyridine rings is 1. The predicted molar refractivity (Wildman–Crippen MR) is 71.5 cm³/mol. The topological polar surface area (TPSA) is 66.5 Å². The van der Waals surface area contributed by atoms with E-state index in [9.17, 15) is 0 Å². The molecular weight excluding hydrogens is 246 g/mol. The lowest BCUT2D eigenvalue weighted by atomic mass is 10.2. The molecule has 18 heavy (non-hydrogen) atoms. The number of hydrogen-bond acceptors (Lipinski definition) is 5. The molecule has 2 heterocycles. The van der Waals surface area contributed by atoms with Crippen molar-refractivity contribution in [2.75, 3.05) is 0 Å². The molecule has 0 aliphatic heterocycles. The molecule has 0 amide bonds. The Balaban J connectivity index is 1.95. The molecule has 2 rings (SSSR count). The highest BCUT2D eigenvalue weighted by atomic mass is 32.2. The molecule has 6 heteroatoms. The zero-order chi connectivity index (χ0) is 13.0. The second kappa shape index (κ2) is 5.97. The summed E-state index contributed by atoms with van der Waals surface area (Å²) in [5, 5.41) is 11.8. The van der Waals surface area contributed by atoms with Gasteiger partial charge in [-0.3, -0.25) is 5.10 Å². The first kappa shape index (κ1) is 13.0. The van der Waals surface area contributed by atoms with E-state index in [1.54, 1.807) is 0 Å². The molecule has 2 N–H and O–H groups in total. The number of aryl methyl sites for hydroxylation is 1. The Kier molecular flexibility index (Phi) is 4.33. The molecule has 0 atom stereocenters. The molecule has 0 aliphatic carbocycles. The fourth-order valence-corrected chi connectivity index (χ4v) is 2.06. The van der Waals surface area contributed by atoms with E-state index in [0.717, 1.165) is 17.4 Å². The van der Waals surface area contributed by atoms with Crippen LogP contribution in [0.2, 0.25) is 0 Å². The minimum atomic E-state index is 0.482. The quantitative estimate of drug-likeness (QED) is 0.865. The number of hydrogen-bond donors (Lipinski definition) is 2. The summed E-state index contributed by atoms with van der Waals surface area (Å²) in [6, 6.07) is 4.55. The fraction of sp³-hybridized carbons (Fsp3) is 0.417. The van der Waals surface area contributed by atoms with Crippen molar-refractivity contribution in [1.82, 2.24) is 25.5 Å². The number of rotatable bonds is 5. The number of aromatic amines is 1. The largest absolute Gasteiger partial charge is 0.310 e. The van der Waals surface area contributed by atoms with E-state index in [0.29, 0.717) is 11.2 Å². The van der Waals surface area contributed by atoms with Gasteiger partial charge in [0.25, 0.3) is 0 Å². The molecule has 0 saturated carbocycles. The van der Waals surface area contributed by atoms with Crippen LogP contribution in [-0.4, -0.2) is 26.2 Å². The van der Waals surface area contributed by atoms with Crippen molar-refractivity contribution in [1.29, 1.82) is 0 Å². The molecular formula is C12H17N5S. The summed E-state index contributed by atoms with van der Waals surface area (Å²) in [6.45, 7) is 6.98. The van der Waals surface area contributed by atoms with E-state index in [-0.39, 0.29) is 0 Å². The number of H-pyrrole nitrogens is 1. The van der Waals surface area contributed by atoms with Crippen molar-refractivity contribution < 1.29 is 0 Å². The third-order valence-electron chi connectivity index (χ3n) is 2.28. The lowest BCUT2D eigenvalue weighted by Crippen LogP contribution is -2.21. The van der Waals surface area contributed by atoms with Crippen LogP contribution in [0.3, 0.4) is 0 Å². The summed E-state index contributed by atoms with van der Waals surface area (Å²) >= 11 is 1.46. The highest BCUT2D eigenvalue weighted by Crippen LogP contribution is 2.22. The van der Waals surface area contributed by atoms with Gasteiger partial charge in [0.15, 0.2) is 0 Å². The molecule has 0 fully saturated rings. The average molecular weight is 263 g/mol. The van der Waals surface area contributed by atoms with Crippen LogP contribution in [0.1, 0.15) is 25.2 Å². The summed E-state index contributed by atoms with van der Waals surface area (Å²) < 4.78 is 0. The van der Waals surface area contributed by atoms with E-state index < -0.39 is 0 Å². The Bertz CT molecular complexity index is 491. The summed E-state index contributed by atoms with van der Waals surface area (Å²) in [6.07, 6.45) is 1.89. The van der Waals surface area contributed by atoms with Crippen LogP contribution < -0.4 is 5.32 Å². The molecule has 0 radical (unpaired) electrons. The van der Waals surface area contributed by atoms with Crippen LogP contribution in [0, 0.1) is 6.92 Å². The Morgan fingerprint density at radius 1 is 1.39 bits per heavy atom.